The lowest BCUT2D eigenvalue weighted by atomic mass is 9.76. The van der Waals surface area contributed by atoms with Crippen molar-refractivity contribution in [2.75, 3.05) is 13.6 Å². The largest absolute Gasteiger partial charge is 0.344 e. The zero-order valence-corrected chi connectivity index (χ0v) is 14.5. The summed E-state index contributed by atoms with van der Waals surface area (Å²) in [6, 6.07) is 18.1. The maximum Gasteiger partial charge on any atom is 0.0486 e. The number of aromatic nitrogens is 1. The van der Waals surface area contributed by atoms with Crippen LogP contribution in [0.5, 0.6) is 0 Å². The second-order valence-corrected chi connectivity index (χ2v) is 7.65. The van der Waals surface area contributed by atoms with Crippen LogP contribution in [0.4, 0.5) is 0 Å². The van der Waals surface area contributed by atoms with Gasteiger partial charge in [0.1, 0.15) is 0 Å². The van der Waals surface area contributed by atoms with Gasteiger partial charge in [-0.15, -0.1) is 0 Å². The summed E-state index contributed by atoms with van der Waals surface area (Å²) in [4.78, 5) is 2.51. The van der Waals surface area contributed by atoms with E-state index in [9.17, 15) is 0 Å². The van der Waals surface area contributed by atoms with Crippen LogP contribution in [0.15, 0.2) is 48.5 Å². The van der Waals surface area contributed by atoms with Crippen molar-refractivity contribution in [3.05, 3.63) is 70.9 Å². The summed E-state index contributed by atoms with van der Waals surface area (Å²) in [5, 5.41) is 1.48. The summed E-state index contributed by atoms with van der Waals surface area (Å²) >= 11 is 0. The number of fused-ring (bicyclic) bond motifs is 3. The van der Waals surface area contributed by atoms with E-state index in [2.05, 4.69) is 72.0 Å². The first-order chi connectivity index (χ1) is 11.7. The highest BCUT2D eigenvalue weighted by atomic mass is 15.1. The third kappa shape index (κ3) is 1.99. The Kier molecular flexibility index (Phi) is 3.11. The molecule has 2 atom stereocenters. The maximum absolute atomic E-state index is 2.63. The van der Waals surface area contributed by atoms with Crippen molar-refractivity contribution in [2.45, 2.75) is 38.3 Å². The van der Waals surface area contributed by atoms with Gasteiger partial charge in [-0.25, -0.2) is 0 Å². The van der Waals surface area contributed by atoms with Gasteiger partial charge in [0, 0.05) is 42.1 Å². The molecule has 2 heteroatoms. The molecule has 0 N–H and O–H groups in total. The Morgan fingerprint density at radius 1 is 1.00 bits per heavy atom. The quantitative estimate of drug-likeness (QED) is 0.633. The molecule has 5 rings (SSSR count). The predicted molar refractivity (Wildman–Crippen MR) is 99.6 cm³/mol. The van der Waals surface area contributed by atoms with Crippen LogP contribution in [-0.4, -0.2) is 23.1 Å². The first-order valence-electron chi connectivity index (χ1n) is 9.07. The number of nitrogens with zero attached hydrogens (tertiary/aromatic N) is 2. The smallest absolute Gasteiger partial charge is 0.0486 e. The summed E-state index contributed by atoms with van der Waals surface area (Å²) in [7, 11) is 2.28. The molecule has 1 aromatic heterocycles. The molecule has 2 unspecified atom stereocenters. The lowest BCUT2D eigenvalue weighted by Crippen LogP contribution is -2.37. The molecule has 3 aromatic rings. The molecule has 0 aliphatic carbocycles. The molecule has 3 heterocycles. The normalized spacial score (nSPS) is 23.4. The first-order valence-corrected chi connectivity index (χ1v) is 9.07. The summed E-state index contributed by atoms with van der Waals surface area (Å²) in [5.74, 6) is 1.26. The monoisotopic (exact) mass is 316 g/mol. The van der Waals surface area contributed by atoms with Crippen LogP contribution in [0, 0.1) is 6.92 Å². The molecule has 0 saturated heterocycles. The average Bonchev–Trinajstić information content (AvgIpc) is 2.90. The summed E-state index contributed by atoms with van der Waals surface area (Å²) < 4.78 is 2.63. The SMILES string of the molecule is Cc1ccc2c(c1)c1c3n2CCC(c2ccccc2)C3CN(C)C1. The molecule has 0 radical (unpaired) electrons. The summed E-state index contributed by atoms with van der Waals surface area (Å²) in [6.07, 6.45) is 1.24. The highest BCUT2D eigenvalue weighted by molar-refractivity contribution is 5.87. The predicted octanol–water partition coefficient (Wildman–Crippen LogP) is 4.67. The van der Waals surface area contributed by atoms with Gasteiger partial charge in [0.15, 0.2) is 0 Å². The first kappa shape index (κ1) is 14.3. The summed E-state index contributed by atoms with van der Waals surface area (Å²) in [6.45, 7) is 5.61. The molecule has 0 amide bonds. The van der Waals surface area contributed by atoms with Gasteiger partial charge in [0.05, 0.1) is 0 Å². The molecule has 122 valence electrons. The van der Waals surface area contributed by atoms with Crippen molar-refractivity contribution in [1.29, 1.82) is 0 Å². The molecule has 0 fully saturated rings. The Morgan fingerprint density at radius 2 is 1.83 bits per heavy atom. The lowest BCUT2D eigenvalue weighted by molar-refractivity contribution is 0.237. The molecule has 24 heavy (non-hydrogen) atoms. The van der Waals surface area contributed by atoms with Gasteiger partial charge in [-0.1, -0.05) is 42.0 Å². The molecular formula is C22H24N2. The Morgan fingerprint density at radius 3 is 2.67 bits per heavy atom. The van der Waals surface area contributed by atoms with Crippen LogP contribution in [0.3, 0.4) is 0 Å². The minimum absolute atomic E-state index is 0.614. The van der Waals surface area contributed by atoms with Crippen molar-refractivity contribution in [3.8, 4) is 0 Å². The molecule has 0 bridgehead atoms. The zero-order chi connectivity index (χ0) is 16.3. The van der Waals surface area contributed by atoms with E-state index in [1.807, 2.05) is 0 Å². The maximum atomic E-state index is 2.63. The van der Waals surface area contributed by atoms with Crippen LogP contribution < -0.4 is 0 Å². The fourth-order valence-electron chi connectivity index (χ4n) is 5.03. The average molecular weight is 316 g/mol. The minimum Gasteiger partial charge on any atom is -0.344 e. The van der Waals surface area contributed by atoms with Crippen molar-refractivity contribution in [3.63, 3.8) is 0 Å². The van der Waals surface area contributed by atoms with Crippen molar-refractivity contribution < 1.29 is 0 Å². The molecule has 0 spiro atoms. The van der Waals surface area contributed by atoms with Crippen LogP contribution in [0.1, 0.15) is 40.6 Å². The second kappa shape index (κ2) is 5.22. The van der Waals surface area contributed by atoms with Crippen LogP contribution >= 0.6 is 0 Å². The number of hydrogen-bond acceptors (Lipinski definition) is 1. The van der Waals surface area contributed by atoms with Gasteiger partial charge >= 0.3 is 0 Å². The highest BCUT2D eigenvalue weighted by Gasteiger charge is 2.38. The number of aryl methyl sites for hydroxylation is 2. The van der Waals surface area contributed by atoms with Crippen molar-refractivity contribution >= 4 is 10.9 Å². The van der Waals surface area contributed by atoms with Crippen LogP contribution in [0.2, 0.25) is 0 Å². The van der Waals surface area contributed by atoms with E-state index in [4.69, 9.17) is 0 Å². The van der Waals surface area contributed by atoms with Gasteiger partial charge in [-0.05, 0) is 49.6 Å². The number of likely N-dealkylation sites (N-methyl/N-ethyl adjacent to an activating group) is 1. The van der Waals surface area contributed by atoms with Gasteiger partial charge in [-0.2, -0.15) is 0 Å². The summed E-state index contributed by atoms with van der Waals surface area (Å²) in [5.41, 5.74) is 7.52. The highest BCUT2D eigenvalue weighted by Crippen LogP contribution is 2.47. The van der Waals surface area contributed by atoms with Gasteiger partial charge in [-0.3, -0.25) is 0 Å². The standard InChI is InChI=1S/C22H24N2/c1-15-8-9-21-18(12-15)20-14-23(2)13-19-17(10-11-24(21)22(19)20)16-6-4-3-5-7-16/h3-9,12,17,19H,10-11,13-14H2,1-2H3. The minimum atomic E-state index is 0.614. The second-order valence-electron chi connectivity index (χ2n) is 7.65. The molecular weight excluding hydrogens is 292 g/mol. The molecule has 2 aliphatic rings. The van der Waals surface area contributed by atoms with E-state index in [0.29, 0.717) is 11.8 Å². The number of hydrogen-bond donors (Lipinski definition) is 0. The Hall–Kier alpha value is -2.06. The van der Waals surface area contributed by atoms with E-state index in [1.165, 1.54) is 35.0 Å². The van der Waals surface area contributed by atoms with Crippen molar-refractivity contribution in [1.82, 2.24) is 9.47 Å². The third-order valence-electron chi connectivity index (χ3n) is 6.03. The van der Waals surface area contributed by atoms with E-state index in [0.717, 1.165) is 13.1 Å². The van der Waals surface area contributed by atoms with Crippen LogP contribution in [0.25, 0.3) is 10.9 Å². The molecule has 2 aromatic carbocycles. The topological polar surface area (TPSA) is 8.17 Å². The van der Waals surface area contributed by atoms with Gasteiger partial charge in [0.2, 0.25) is 0 Å². The van der Waals surface area contributed by atoms with E-state index < -0.39 is 0 Å². The Labute approximate surface area is 143 Å². The molecule has 0 saturated carbocycles. The van der Waals surface area contributed by atoms with Crippen LogP contribution in [-0.2, 0) is 13.1 Å². The fraction of sp³-hybridized carbons (Fsp3) is 0.364. The molecule has 2 aliphatic heterocycles. The van der Waals surface area contributed by atoms with E-state index in [-0.39, 0.29) is 0 Å². The Bertz CT molecular complexity index is 907. The van der Waals surface area contributed by atoms with Gasteiger partial charge < -0.3 is 9.47 Å². The number of rotatable bonds is 1. The molecule has 2 nitrogen and oxygen atoms in total. The van der Waals surface area contributed by atoms with Crippen molar-refractivity contribution in [2.24, 2.45) is 0 Å². The number of benzene rings is 2. The van der Waals surface area contributed by atoms with E-state index in [1.54, 1.807) is 11.3 Å². The Balaban J connectivity index is 1.73. The van der Waals surface area contributed by atoms with E-state index >= 15 is 0 Å². The lowest BCUT2D eigenvalue weighted by Gasteiger charge is -2.40. The van der Waals surface area contributed by atoms with Gasteiger partial charge in [0.25, 0.3) is 0 Å². The third-order valence-corrected chi connectivity index (χ3v) is 6.03. The fourth-order valence-corrected chi connectivity index (χ4v) is 5.03. The zero-order valence-electron chi connectivity index (χ0n) is 14.5.